The van der Waals surface area contributed by atoms with Gasteiger partial charge in [-0.05, 0) is 29.5 Å². The van der Waals surface area contributed by atoms with Crippen LogP contribution < -0.4 is 14.8 Å². The number of aldehydes is 1. The molecule has 9 nitrogen and oxygen atoms in total. The normalized spacial score (nSPS) is 11.4. The lowest BCUT2D eigenvalue weighted by Crippen LogP contribution is -2.37. The molecule has 2 heterocycles. The zero-order valence-electron chi connectivity index (χ0n) is 22.1. The molecule has 0 aliphatic heterocycles. The van der Waals surface area contributed by atoms with Crippen LogP contribution in [-0.2, 0) is 23.0 Å². The molecule has 204 valence electrons. The number of methoxy groups -OCH3 is 1. The van der Waals surface area contributed by atoms with Crippen LogP contribution in [-0.4, -0.2) is 44.4 Å². The Morgan fingerprint density at radius 2 is 1.79 bits per heavy atom. The number of thiophene rings is 1. The number of hydrogen-bond acceptors (Lipinski definition) is 7. The molecule has 0 aliphatic rings. The highest BCUT2D eigenvalue weighted by Gasteiger charge is 2.26. The number of ether oxygens (including phenoxy) is 1. The van der Waals surface area contributed by atoms with Crippen LogP contribution >= 0.6 is 11.3 Å². The average Bonchev–Trinajstić information content (AvgIpc) is 3.50. The van der Waals surface area contributed by atoms with E-state index in [4.69, 9.17) is 4.74 Å². The molecule has 0 atom stereocenters. The first-order valence-electron chi connectivity index (χ1n) is 12.3. The van der Waals surface area contributed by atoms with Crippen LogP contribution in [0.1, 0.15) is 34.8 Å². The summed E-state index contributed by atoms with van der Waals surface area (Å²) in [7, 11) is -1.24. The fourth-order valence-electron chi connectivity index (χ4n) is 4.19. The number of carbonyl (C=O) groups is 2. The summed E-state index contributed by atoms with van der Waals surface area (Å²) < 4.78 is 35.4. The van der Waals surface area contributed by atoms with Gasteiger partial charge in [0.05, 0.1) is 7.11 Å². The predicted octanol–water partition coefficient (Wildman–Crippen LogP) is 4.96. The molecule has 2 N–H and O–H groups in total. The Morgan fingerprint density at radius 3 is 2.38 bits per heavy atom. The predicted molar refractivity (Wildman–Crippen MR) is 152 cm³/mol. The summed E-state index contributed by atoms with van der Waals surface area (Å²) in [6.45, 7) is 4.47. The van der Waals surface area contributed by atoms with Crippen LogP contribution in [0.2, 0.25) is 0 Å². The van der Waals surface area contributed by atoms with Crippen molar-refractivity contribution in [2.24, 2.45) is 5.92 Å². The molecule has 0 radical (unpaired) electrons. The molecule has 2 aromatic heterocycles. The van der Waals surface area contributed by atoms with E-state index in [1.54, 1.807) is 4.57 Å². The van der Waals surface area contributed by atoms with Gasteiger partial charge in [0.2, 0.25) is 5.88 Å². The van der Waals surface area contributed by atoms with Crippen molar-refractivity contribution in [3.05, 3.63) is 76.8 Å². The second-order valence-electron chi connectivity index (χ2n) is 9.29. The second kappa shape index (κ2) is 11.8. The van der Waals surface area contributed by atoms with Crippen molar-refractivity contribution in [2.45, 2.75) is 31.0 Å². The highest BCUT2D eigenvalue weighted by molar-refractivity contribution is 7.92. The Balaban J connectivity index is 1.72. The number of carbonyl (C=O) groups excluding carboxylic acids is 2. The van der Waals surface area contributed by atoms with Gasteiger partial charge in [-0.25, -0.2) is 17.9 Å². The summed E-state index contributed by atoms with van der Waals surface area (Å²) in [5.74, 6) is 1.18. The summed E-state index contributed by atoms with van der Waals surface area (Å²) >= 11 is 1.16. The quantitative estimate of drug-likeness (QED) is 0.262. The Hall–Kier alpha value is -3.96. The zero-order chi connectivity index (χ0) is 28.2. The van der Waals surface area contributed by atoms with E-state index >= 15 is 0 Å². The van der Waals surface area contributed by atoms with E-state index in [2.05, 4.69) is 28.9 Å². The smallest absolute Gasteiger partial charge is 0.328 e. The molecule has 2 aromatic carbocycles. The van der Waals surface area contributed by atoms with E-state index in [-0.39, 0.29) is 10.1 Å². The molecule has 2 amide bonds. The molecule has 11 heteroatoms. The summed E-state index contributed by atoms with van der Waals surface area (Å²) in [6, 6.07) is 18.0. The first-order valence-corrected chi connectivity index (χ1v) is 14.6. The summed E-state index contributed by atoms with van der Waals surface area (Å²) in [4.78, 5) is 29.2. The number of urea groups is 1. The standard InChI is InChI=1S/C28H30N4O5S2/c1-18(2)14-22-15-23(27(38-22)39(35,36)31-28(34)29-3)20-12-10-19(11-13-20)16-32-24(17-33)26(37-4)30-25(32)21-8-6-5-7-9-21/h5-13,15,17-18H,14,16H2,1-4H3,(H2,29,31,34). The average molecular weight is 567 g/mol. The van der Waals surface area contributed by atoms with Gasteiger partial charge in [-0.15, -0.1) is 11.3 Å². The maximum Gasteiger partial charge on any atom is 0.328 e. The van der Waals surface area contributed by atoms with Crippen molar-refractivity contribution in [3.63, 3.8) is 0 Å². The molecular formula is C28H30N4O5S2. The number of amides is 2. The summed E-state index contributed by atoms with van der Waals surface area (Å²) in [5, 5.41) is 2.29. The molecule has 0 aliphatic carbocycles. The van der Waals surface area contributed by atoms with Crippen molar-refractivity contribution in [1.82, 2.24) is 19.6 Å². The first-order chi connectivity index (χ1) is 18.7. The minimum Gasteiger partial charge on any atom is -0.479 e. The highest BCUT2D eigenvalue weighted by Crippen LogP contribution is 2.36. The molecule has 39 heavy (non-hydrogen) atoms. The largest absolute Gasteiger partial charge is 0.479 e. The van der Waals surface area contributed by atoms with Gasteiger partial charge in [0, 0.05) is 29.6 Å². The summed E-state index contributed by atoms with van der Waals surface area (Å²) in [5.41, 5.74) is 3.27. The van der Waals surface area contributed by atoms with Gasteiger partial charge in [0.1, 0.15) is 15.7 Å². The Morgan fingerprint density at radius 1 is 1.10 bits per heavy atom. The minimum atomic E-state index is -4.08. The molecular weight excluding hydrogens is 536 g/mol. The fraction of sp³-hybridized carbons (Fsp3) is 0.250. The van der Waals surface area contributed by atoms with E-state index in [1.807, 2.05) is 60.7 Å². The fourth-order valence-corrected chi connectivity index (χ4v) is 7.10. The second-order valence-corrected chi connectivity index (χ2v) is 12.3. The molecule has 0 saturated carbocycles. The van der Waals surface area contributed by atoms with E-state index < -0.39 is 16.1 Å². The van der Waals surface area contributed by atoms with Crippen LogP contribution in [0, 0.1) is 5.92 Å². The Labute approximate surface area is 231 Å². The molecule has 0 spiro atoms. The van der Waals surface area contributed by atoms with Crippen molar-refractivity contribution in [2.75, 3.05) is 14.2 Å². The van der Waals surface area contributed by atoms with Crippen LogP contribution in [0.4, 0.5) is 4.79 Å². The molecule has 0 saturated heterocycles. The first kappa shape index (κ1) is 28.1. The number of benzene rings is 2. The molecule has 0 fully saturated rings. The monoisotopic (exact) mass is 566 g/mol. The van der Waals surface area contributed by atoms with Gasteiger partial charge in [-0.3, -0.25) is 4.79 Å². The van der Waals surface area contributed by atoms with Crippen LogP contribution in [0.15, 0.2) is 64.9 Å². The van der Waals surface area contributed by atoms with Crippen molar-refractivity contribution in [3.8, 4) is 28.4 Å². The number of hydrogen-bond donors (Lipinski definition) is 2. The topological polar surface area (TPSA) is 119 Å². The number of nitrogens with zero attached hydrogens (tertiary/aromatic N) is 2. The summed E-state index contributed by atoms with van der Waals surface area (Å²) in [6.07, 6.45) is 1.44. The number of sulfonamides is 1. The van der Waals surface area contributed by atoms with E-state index in [0.29, 0.717) is 41.5 Å². The maximum absolute atomic E-state index is 13.1. The van der Waals surface area contributed by atoms with Crippen molar-refractivity contribution >= 4 is 33.7 Å². The third-order valence-electron chi connectivity index (χ3n) is 5.97. The highest BCUT2D eigenvalue weighted by atomic mass is 32.2. The molecule has 0 bridgehead atoms. The van der Waals surface area contributed by atoms with E-state index in [9.17, 15) is 18.0 Å². The van der Waals surface area contributed by atoms with E-state index in [1.165, 1.54) is 14.2 Å². The number of imidazole rings is 1. The SMILES string of the molecule is CNC(=O)NS(=O)(=O)c1sc(CC(C)C)cc1-c1ccc(Cn2c(-c3ccccc3)nc(OC)c2C=O)cc1. The number of nitrogens with one attached hydrogen (secondary N) is 2. The Kier molecular flexibility index (Phi) is 8.51. The van der Waals surface area contributed by atoms with Crippen molar-refractivity contribution < 1.29 is 22.7 Å². The van der Waals surface area contributed by atoms with Crippen LogP contribution in [0.5, 0.6) is 5.88 Å². The number of aromatic nitrogens is 2. The third kappa shape index (κ3) is 6.21. The maximum atomic E-state index is 13.1. The lowest BCUT2D eigenvalue weighted by Gasteiger charge is -2.11. The van der Waals surface area contributed by atoms with Crippen molar-refractivity contribution in [1.29, 1.82) is 0 Å². The van der Waals surface area contributed by atoms with Gasteiger partial charge in [-0.2, -0.15) is 4.98 Å². The zero-order valence-corrected chi connectivity index (χ0v) is 23.7. The van der Waals surface area contributed by atoms with Gasteiger partial charge >= 0.3 is 6.03 Å². The third-order valence-corrected chi connectivity index (χ3v) is 8.99. The van der Waals surface area contributed by atoms with Crippen LogP contribution in [0.3, 0.4) is 0 Å². The molecule has 4 rings (SSSR count). The van der Waals surface area contributed by atoms with Crippen LogP contribution in [0.25, 0.3) is 22.5 Å². The van der Waals surface area contributed by atoms with Gasteiger partial charge in [0.25, 0.3) is 10.0 Å². The molecule has 0 unspecified atom stereocenters. The molecule has 4 aromatic rings. The van der Waals surface area contributed by atoms with Gasteiger partial charge in [-0.1, -0.05) is 68.4 Å². The number of rotatable bonds is 10. The minimum absolute atomic E-state index is 0.0865. The van der Waals surface area contributed by atoms with Gasteiger partial charge < -0.3 is 14.6 Å². The Bertz CT molecular complexity index is 1570. The van der Waals surface area contributed by atoms with Gasteiger partial charge in [0.15, 0.2) is 6.29 Å². The lowest BCUT2D eigenvalue weighted by molar-refractivity contribution is 0.111. The van der Waals surface area contributed by atoms with E-state index in [0.717, 1.165) is 33.6 Å². The lowest BCUT2D eigenvalue weighted by atomic mass is 10.0.